The Bertz CT molecular complexity index is 1180. The van der Waals surface area contributed by atoms with Crippen molar-refractivity contribution in [2.24, 2.45) is 29.6 Å². The second kappa shape index (κ2) is 7.94. The number of anilines is 2. The highest BCUT2D eigenvalue weighted by molar-refractivity contribution is 6.30. The molecule has 0 unspecified atom stereocenters. The van der Waals surface area contributed by atoms with Crippen molar-refractivity contribution in [3.8, 4) is 5.75 Å². The van der Waals surface area contributed by atoms with E-state index in [1.807, 2.05) is 0 Å². The average molecular weight is 479 g/mol. The van der Waals surface area contributed by atoms with Crippen LogP contribution >= 0.6 is 11.6 Å². The molecular weight excluding hydrogens is 456 g/mol. The van der Waals surface area contributed by atoms with E-state index in [2.05, 4.69) is 0 Å². The molecule has 174 valence electrons. The molecule has 8 heteroatoms. The molecule has 6 rings (SSSR count). The minimum atomic E-state index is -0.614. The zero-order valence-corrected chi connectivity index (χ0v) is 19.1. The third kappa shape index (κ3) is 3.33. The first-order chi connectivity index (χ1) is 16.4. The van der Waals surface area contributed by atoms with Crippen LogP contribution in [0.4, 0.5) is 11.4 Å². The standard InChI is InChI=1S/C26H23ClN2O5/c27-17-6-8-18(9-7-17)28-13-16(11-21(28)30)26(33)34-20-3-1-2-19(12-20)29-24(31)22-14-4-5-15(10-14)23(22)25(29)32/h1-3,6-9,12,14-16,22-23H,4-5,10-11,13H2/t14-,15-,16-,22-,23+/m0/s1. The molecule has 2 saturated carbocycles. The van der Waals surface area contributed by atoms with Gasteiger partial charge in [-0.15, -0.1) is 0 Å². The largest absolute Gasteiger partial charge is 0.426 e. The van der Waals surface area contributed by atoms with Crippen LogP contribution in [0.15, 0.2) is 48.5 Å². The number of carbonyl (C=O) groups excluding carboxylic acids is 4. The Kier molecular flexibility index (Phi) is 4.99. The summed E-state index contributed by atoms with van der Waals surface area (Å²) < 4.78 is 5.58. The van der Waals surface area contributed by atoms with Crippen LogP contribution in [0, 0.1) is 29.6 Å². The van der Waals surface area contributed by atoms with Gasteiger partial charge in [0.15, 0.2) is 0 Å². The molecule has 2 bridgehead atoms. The topological polar surface area (TPSA) is 84.0 Å². The smallest absolute Gasteiger partial charge is 0.316 e. The summed E-state index contributed by atoms with van der Waals surface area (Å²) in [5.41, 5.74) is 1.11. The van der Waals surface area contributed by atoms with Crippen molar-refractivity contribution in [2.75, 3.05) is 16.3 Å². The Morgan fingerprint density at radius 3 is 2.26 bits per heavy atom. The number of benzene rings is 2. The molecule has 0 N–H and O–H groups in total. The van der Waals surface area contributed by atoms with Crippen LogP contribution in [0.2, 0.25) is 5.02 Å². The Morgan fingerprint density at radius 2 is 1.59 bits per heavy atom. The van der Waals surface area contributed by atoms with Crippen molar-refractivity contribution in [3.63, 3.8) is 0 Å². The molecule has 2 aliphatic carbocycles. The van der Waals surface area contributed by atoms with Gasteiger partial charge in [0.05, 0.1) is 23.4 Å². The Morgan fingerprint density at radius 1 is 0.912 bits per heavy atom. The molecule has 2 aliphatic heterocycles. The Labute approximate surface area is 201 Å². The van der Waals surface area contributed by atoms with Gasteiger partial charge in [0, 0.05) is 29.7 Å². The van der Waals surface area contributed by atoms with Crippen LogP contribution in [0.1, 0.15) is 25.7 Å². The molecule has 5 atom stereocenters. The first-order valence-corrected chi connectivity index (χ1v) is 12.0. The number of hydrogen-bond donors (Lipinski definition) is 0. The van der Waals surface area contributed by atoms with Crippen molar-refractivity contribution >= 4 is 46.7 Å². The van der Waals surface area contributed by atoms with Gasteiger partial charge in [-0.25, -0.2) is 4.90 Å². The molecule has 2 aromatic rings. The number of amides is 3. The molecule has 2 saturated heterocycles. The summed E-state index contributed by atoms with van der Waals surface area (Å²) in [6.07, 6.45) is 3.06. The van der Waals surface area contributed by atoms with Crippen LogP contribution in [0.3, 0.4) is 0 Å². The third-order valence-corrected chi connectivity index (χ3v) is 8.07. The zero-order valence-electron chi connectivity index (χ0n) is 18.4. The lowest BCUT2D eigenvalue weighted by Crippen LogP contribution is -2.32. The van der Waals surface area contributed by atoms with Gasteiger partial charge in [-0.3, -0.25) is 19.2 Å². The monoisotopic (exact) mass is 478 g/mol. The number of halogens is 1. The molecule has 34 heavy (non-hydrogen) atoms. The fourth-order valence-corrected chi connectivity index (χ4v) is 6.41. The number of nitrogens with zero attached hydrogens (tertiary/aromatic N) is 2. The minimum absolute atomic E-state index is 0.0520. The van der Waals surface area contributed by atoms with Crippen molar-refractivity contribution in [3.05, 3.63) is 53.6 Å². The average Bonchev–Trinajstić information content (AvgIpc) is 3.58. The van der Waals surface area contributed by atoms with E-state index in [-0.39, 0.29) is 48.3 Å². The number of carbonyl (C=O) groups is 4. The van der Waals surface area contributed by atoms with Crippen molar-refractivity contribution in [2.45, 2.75) is 25.7 Å². The molecule has 3 amide bonds. The summed E-state index contributed by atoms with van der Waals surface area (Å²) >= 11 is 5.92. The maximum atomic E-state index is 13.1. The van der Waals surface area contributed by atoms with Crippen LogP contribution in [-0.2, 0) is 19.2 Å². The van der Waals surface area contributed by atoms with Crippen LogP contribution in [0.5, 0.6) is 5.75 Å². The summed E-state index contributed by atoms with van der Waals surface area (Å²) in [6.45, 7) is 0.216. The van der Waals surface area contributed by atoms with Crippen LogP contribution in [0.25, 0.3) is 0 Å². The molecule has 7 nitrogen and oxygen atoms in total. The molecule has 2 aromatic carbocycles. The predicted molar refractivity (Wildman–Crippen MR) is 124 cm³/mol. The minimum Gasteiger partial charge on any atom is -0.426 e. The maximum absolute atomic E-state index is 13.1. The summed E-state index contributed by atoms with van der Waals surface area (Å²) in [6, 6.07) is 13.4. The number of imide groups is 1. The van der Waals surface area contributed by atoms with Crippen molar-refractivity contribution in [1.82, 2.24) is 0 Å². The van der Waals surface area contributed by atoms with Gasteiger partial charge in [-0.2, -0.15) is 0 Å². The number of esters is 1. The van der Waals surface area contributed by atoms with Gasteiger partial charge >= 0.3 is 5.97 Å². The van der Waals surface area contributed by atoms with E-state index in [9.17, 15) is 19.2 Å². The SMILES string of the molecule is O=C(Oc1cccc(N2C(=O)[C@@H]3[C@H]4CC[C@@H](C4)[C@@H]3C2=O)c1)[C@H]1CC(=O)N(c2ccc(Cl)cc2)C1. The molecule has 4 fully saturated rings. The zero-order chi connectivity index (χ0) is 23.6. The first kappa shape index (κ1) is 21.4. The van der Waals surface area contributed by atoms with Crippen molar-refractivity contribution in [1.29, 1.82) is 0 Å². The van der Waals surface area contributed by atoms with E-state index < -0.39 is 11.9 Å². The predicted octanol–water partition coefficient (Wildman–Crippen LogP) is 3.83. The fraction of sp³-hybridized carbons (Fsp3) is 0.385. The van der Waals surface area contributed by atoms with Gasteiger partial charge < -0.3 is 9.64 Å². The Hall–Kier alpha value is -3.19. The second-order valence-electron chi connectivity index (χ2n) is 9.70. The van der Waals surface area contributed by atoms with Gasteiger partial charge in [-0.05, 0) is 67.5 Å². The van der Waals surface area contributed by atoms with Gasteiger partial charge in [0.1, 0.15) is 5.75 Å². The van der Waals surface area contributed by atoms with Gasteiger partial charge in [-0.1, -0.05) is 17.7 Å². The number of fused-ring (bicyclic) bond motifs is 5. The third-order valence-electron chi connectivity index (χ3n) is 7.82. The number of rotatable bonds is 4. The quantitative estimate of drug-likeness (QED) is 0.379. The fourth-order valence-electron chi connectivity index (χ4n) is 6.28. The molecule has 0 aromatic heterocycles. The van der Waals surface area contributed by atoms with E-state index >= 15 is 0 Å². The number of ether oxygens (including phenoxy) is 1. The van der Waals surface area contributed by atoms with E-state index in [1.165, 1.54) is 4.90 Å². The normalized spacial score (nSPS) is 29.8. The lowest BCUT2D eigenvalue weighted by atomic mass is 9.81. The second-order valence-corrected chi connectivity index (χ2v) is 10.1. The lowest BCUT2D eigenvalue weighted by Gasteiger charge is -2.19. The number of hydrogen-bond acceptors (Lipinski definition) is 5. The molecule has 0 spiro atoms. The molecule has 2 heterocycles. The van der Waals surface area contributed by atoms with Crippen LogP contribution < -0.4 is 14.5 Å². The van der Waals surface area contributed by atoms with Crippen molar-refractivity contribution < 1.29 is 23.9 Å². The highest BCUT2D eigenvalue weighted by Gasteiger charge is 2.61. The highest BCUT2D eigenvalue weighted by Crippen LogP contribution is 2.56. The van der Waals surface area contributed by atoms with Crippen LogP contribution in [-0.4, -0.2) is 30.2 Å². The molecule has 0 radical (unpaired) electrons. The van der Waals surface area contributed by atoms with E-state index in [0.717, 1.165) is 19.3 Å². The highest BCUT2D eigenvalue weighted by atomic mass is 35.5. The summed E-state index contributed by atoms with van der Waals surface area (Å²) in [5.74, 6) is -1.11. The van der Waals surface area contributed by atoms with E-state index in [0.29, 0.717) is 28.2 Å². The van der Waals surface area contributed by atoms with E-state index in [1.54, 1.807) is 53.4 Å². The first-order valence-electron chi connectivity index (χ1n) is 11.7. The van der Waals surface area contributed by atoms with E-state index in [4.69, 9.17) is 16.3 Å². The summed E-state index contributed by atoms with van der Waals surface area (Å²) in [5, 5.41) is 0.567. The van der Waals surface area contributed by atoms with Gasteiger partial charge in [0.25, 0.3) is 0 Å². The summed E-state index contributed by atoms with van der Waals surface area (Å²) in [7, 11) is 0. The Balaban J connectivity index is 1.16. The summed E-state index contributed by atoms with van der Waals surface area (Å²) in [4.78, 5) is 54.4. The maximum Gasteiger partial charge on any atom is 0.316 e. The van der Waals surface area contributed by atoms with Gasteiger partial charge in [0.2, 0.25) is 17.7 Å². The lowest BCUT2D eigenvalue weighted by molar-refractivity contribution is -0.139. The molecule has 4 aliphatic rings. The molecular formula is C26H23ClN2O5.